The number of nitrogens with zero attached hydrogens (tertiary/aromatic N) is 4. The van der Waals surface area contributed by atoms with Crippen molar-refractivity contribution >= 4 is 28.1 Å². The second-order valence-electron chi connectivity index (χ2n) is 5.77. The third-order valence-electron chi connectivity index (χ3n) is 3.72. The van der Waals surface area contributed by atoms with Crippen molar-refractivity contribution in [2.75, 3.05) is 24.3 Å². The molecule has 0 radical (unpaired) electrons. The molecule has 0 aliphatic carbocycles. The van der Waals surface area contributed by atoms with E-state index in [-0.39, 0.29) is 11.7 Å². The van der Waals surface area contributed by atoms with Crippen LogP contribution in [-0.2, 0) is 0 Å². The molecular weight excluding hydrogens is 360 g/mol. The molecule has 0 aliphatic rings. The molecule has 1 N–H and O–H groups in total. The molecule has 0 atom stereocenters. The summed E-state index contributed by atoms with van der Waals surface area (Å²) in [5.41, 5.74) is 1.91. The van der Waals surface area contributed by atoms with Gasteiger partial charge in [-0.25, -0.2) is 9.97 Å². The highest BCUT2D eigenvalue weighted by molar-refractivity contribution is 7.19. The Balaban J connectivity index is 1.84. The minimum atomic E-state index is -2.69. The van der Waals surface area contributed by atoms with Crippen molar-refractivity contribution in [2.45, 2.75) is 13.5 Å². The molecule has 9 heteroatoms. The molecular formula is C17H17F2N5OS. The largest absolute Gasteiger partial charge is 0.378 e. The molecule has 0 saturated heterocycles. The number of halogens is 2. The van der Waals surface area contributed by atoms with Gasteiger partial charge in [0.25, 0.3) is 5.91 Å². The topological polar surface area (TPSA) is 63.1 Å². The summed E-state index contributed by atoms with van der Waals surface area (Å²) in [7, 11) is 3.78. The smallest absolute Gasteiger partial charge is 0.320 e. The number of aromatic nitrogens is 3. The number of amides is 1. The number of thiazole rings is 1. The summed E-state index contributed by atoms with van der Waals surface area (Å²) < 4.78 is 26.9. The fourth-order valence-corrected chi connectivity index (χ4v) is 3.36. The fraction of sp³-hybridized carbons (Fsp3) is 0.235. The van der Waals surface area contributed by atoms with Gasteiger partial charge in [-0.15, -0.1) is 0 Å². The highest BCUT2D eigenvalue weighted by atomic mass is 32.1. The molecule has 6 nitrogen and oxygen atoms in total. The van der Waals surface area contributed by atoms with E-state index in [0.29, 0.717) is 21.3 Å². The van der Waals surface area contributed by atoms with Gasteiger partial charge in [-0.05, 0) is 25.1 Å². The van der Waals surface area contributed by atoms with Gasteiger partial charge in [0.2, 0.25) is 0 Å². The molecule has 2 heterocycles. The van der Waals surface area contributed by atoms with Gasteiger partial charge < -0.3 is 4.90 Å². The van der Waals surface area contributed by atoms with E-state index in [1.54, 1.807) is 25.1 Å². The minimum absolute atomic E-state index is 0.130. The lowest BCUT2D eigenvalue weighted by Crippen LogP contribution is -2.14. The van der Waals surface area contributed by atoms with Crippen LogP contribution in [0.4, 0.5) is 19.6 Å². The van der Waals surface area contributed by atoms with Gasteiger partial charge in [0.15, 0.2) is 11.0 Å². The summed E-state index contributed by atoms with van der Waals surface area (Å²) in [5, 5.41) is 3.06. The van der Waals surface area contributed by atoms with E-state index < -0.39 is 6.55 Å². The van der Waals surface area contributed by atoms with E-state index in [1.807, 2.05) is 25.1 Å². The number of alkyl halides is 2. The van der Waals surface area contributed by atoms with Crippen LogP contribution in [0.25, 0.3) is 10.7 Å². The van der Waals surface area contributed by atoms with Crippen molar-refractivity contribution in [3.05, 3.63) is 47.9 Å². The third kappa shape index (κ3) is 3.57. The number of aryl methyl sites for hydroxylation is 1. The lowest BCUT2D eigenvalue weighted by atomic mass is 10.2. The minimum Gasteiger partial charge on any atom is -0.378 e. The van der Waals surface area contributed by atoms with Gasteiger partial charge in [0.1, 0.15) is 0 Å². The van der Waals surface area contributed by atoms with E-state index in [9.17, 15) is 13.6 Å². The average molecular weight is 377 g/mol. The van der Waals surface area contributed by atoms with Crippen LogP contribution in [0.5, 0.6) is 0 Å². The molecule has 0 saturated carbocycles. The summed E-state index contributed by atoms with van der Waals surface area (Å²) in [5.74, 6) is -0.184. The zero-order chi connectivity index (χ0) is 18.8. The van der Waals surface area contributed by atoms with E-state index >= 15 is 0 Å². The molecule has 26 heavy (non-hydrogen) atoms. The molecule has 1 aromatic carbocycles. The summed E-state index contributed by atoms with van der Waals surface area (Å²) >= 11 is 1.11. The maximum atomic E-state index is 13.1. The van der Waals surface area contributed by atoms with E-state index in [1.165, 1.54) is 12.4 Å². The van der Waals surface area contributed by atoms with Crippen LogP contribution in [0.15, 0.2) is 36.7 Å². The van der Waals surface area contributed by atoms with Crippen molar-refractivity contribution in [3.63, 3.8) is 0 Å². The van der Waals surface area contributed by atoms with E-state index in [2.05, 4.69) is 15.3 Å². The monoisotopic (exact) mass is 377 g/mol. The SMILES string of the molecule is Cc1nc(NC(=O)c2cccc(N(C)C)c2)sc1-c1nccn1C(F)F. The highest BCUT2D eigenvalue weighted by Gasteiger charge is 2.19. The summed E-state index contributed by atoms with van der Waals surface area (Å²) in [4.78, 5) is 23.1. The number of benzene rings is 1. The predicted molar refractivity (Wildman–Crippen MR) is 98.0 cm³/mol. The van der Waals surface area contributed by atoms with Crippen molar-refractivity contribution in [2.24, 2.45) is 0 Å². The third-order valence-corrected chi connectivity index (χ3v) is 4.79. The molecule has 0 aliphatic heterocycles. The number of rotatable bonds is 5. The molecule has 0 fully saturated rings. The second-order valence-corrected chi connectivity index (χ2v) is 6.77. The Morgan fingerprint density at radius 1 is 1.35 bits per heavy atom. The number of hydrogen-bond donors (Lipinski definition) is 1. The number of nitrogens with one attached hydrogen (secondary N) is 1. The normalized spacial score (nSPS) is 11.0. The summed E-state index contributed by atoms with van der Waals surface area (Å²) in [6.07, 6.45) is 2.52. The zero-order valence-electron chi connectivity index (χ0n) is 14.4. The van der Waals surface area contributed by atoms with Crippen LogP contribution in [-0.4, -0.2) is 34.5 Å². The van der Waals surface area contributed by atoms with Gasteiger partial charge in [0.05, 0.1) is 10.6 Å². The first kappa shape index (κ1) is 18.0. The number of anilines is 2. The average Bonchev–Trinajstić information content (AvgIpc) is 3.21. The Hall–Kier alpha value is -2.81. The van der Waals surface area contributed by atoms with Gasteiger partial charge in [-0.2, -0.15) is 8.78 Å². The molecule has 0 spiro atoms. The standard InChI is InChI=1S/C17H17F2N5OS/c1-10-13(14-20-7-8-24(14)16(18)19)26-17(21-10)22-15(25)11-5-4-6-12(9-11)23(2)3/h4-9,16H,1-3H3,(H,21,22,25). The van der Waals surface area contributed by atoms with Crippen LogP contribution in [0.1, 0.15) is 22.6 Å². The Labute approximate surface area is 153 Å². The van der Waals surface area contributed by atoms with E-state index in [0.717, 1.165) is 21.6 Å². The van der Waals surface area contributed by atoms with E-state index in [4.69, 9.17) is 0 Å². The first-order chi connectivity index (χ1) is 12.4. The van der Waals surface area contributed by atoms with Crippen molar-refractivity contribution in [3.8, 4) is 10.7 Å². The Kier molecular flexibility index (Phi) is 4.99. The van der Waals surface area contributed by atoms with Crippen molar-refractivity contribution in [1.82, 2.24) is 14.5 Å². The number of carbonyl (C=O) groups excluding carboxylic acids is 1. The molecule has 136 valence electrons. The maximum absolute atomic E-state index is 13.1. The quantitative estimate of drug-likeness (QED) is 0.729. The maximum Gasteiger partial charge on any atom is 0.320 e. The van der Waals surface area contributed by atoms with Crippen LogP contribution >= 0.6 is 11.3 Å². The molecule has 1 amide bonds. The molecule has 2 aromatic heterocycles. The van der Waals surface area contributed by atoms with Crippen LogP contribution in [0.2, 0.25) is 0 Å². The molecule has 3 rings (SSSR count). The predicted octanol–water partition coefficient (Wildman–Crippen LogP) is 4.03. The van der Waals surface area contributed by atoms with Crippen LogP contribution in [0, 0.1) is 6.92 Å². The van der Waals surface area contributed by atoms with Crippen molar-refractivity contribution in [1.29, 1.82) is 0 Å². The summed E-state index contributed by atoms with van der Waals surface area (Å²) in [6.45, 7) is -1.00. The zero-order valence-corrected chi connectivity index (χ0v) is 15.2. The first-order valence-electron chi connectivity index (χ1n) is 7.74. The summed E-state index contributed by atoms with van der Waals surface area (Å²) in [6, 6.07) is 7.15. The first-order valence-corrected chi connectivity index (χ1v) is 8.56. The fourth-order valence-electron chi connectivity index (χ4n) is 2.40. The van der Waals surface area contributed by atoms with Crippen LogP contribution < -0.4 is 10.2 Å². The second kappa shape index (κ2) is 7.20. The number of carbonyl (C=O) groups is 1. The van der Waals surface area contributed by atoms with Crippen molar-refractivity contribution < 1.29 is 13.6 Å². The molecule has 3 aromatic rings. The van der Waals surface area contributed by atoms with Crippen LogP contribution in [0.3, 0.4) is 0 Å². The van der Waals surface area contributed by atoms with Gasteiger partial charge in [0, 0.05) is 37.7 Å². The molecule has 0 bridgehead atoms. The Morgan fingerprint density at radius 2 is 2.12 bits per heavy atom. The number of hydrogen-bond acceptors (Lipinski definition) is 5. The lowest BCUT2D eigenvalue weighted by Gasteiger charge is -2.13. The van der Waals surface area contributed by atoms with Gasteiger partial charge in [-0.1, -0.05) is 17.4 Å². The Bertz CT molecular complexity index is 935. The highest BCUT2D eigenvalue weighted by Crippen LogP contribution is 2.33. The van der Waals surface area contributed by atoms with Gasteiger partial charge in [-0.3, -0.25) is 14.7 Å². The Morgan fingerprint density at radius 3 is 2.81 bits per heavy atom. The lowest BCUT2D eigenvalue weighted by molar-refractivity contribution is 0.0720. The van der Waals surface area contributed by atoms with Gasteiger partial charge >= 0.3 is 6.55 Å². The molecule has 0 unspecified atom stereocenters. The number of imidazole rings is 1.